The Morgan fingerprint density at radius 3 is 2.52 bits per heavy atom. The van der Waals surface area contributed by atoms with Crippen LogP contribution < -0.4 is 4.74 Å². The molecular weight excluding hydrogens is 362 g/mol. The van der Waals surface area contributed by atoms with Gasteiger partial charge in [-0.15, -0.1) is 0 Å². The van der Waals surface area contributed by atoms with Gasteiger partial charge in [-0.3, -0.25) is 0 Å². The maximum atomic E-state index is 9.63. The number of nitrogens with zero attached hydrogens (tertiary/aromatic N) is 1. The molecule has 2 aromatic carbocycles. The van der Waals surface area contributed by atoms with Crippen molar-refractivity contribution >= 4 is 0 Å². The fourth-order valence-corrected chi connectivity index (χ4v) is 3.34. The summed E-state index contributed by atoms with van der Waals surface area (Å²) in [6, 6.07) is 19.0. The minimum absolute atomic E-state index is 0.254. The van der Waals surface area contributed by atoms with Crippen molar-refractivity contribution in [2.24, 2.45) is 0 Å². The summed E-state index contributed by atoms with van der Waals surface area (Å²) in [5, 5.41) is 19.1. The number of aromatic hydroxyl groups is 1. The molecule has 1 unspecified atom stereocenters. The molecule has 1 atom stereocenters. The molecule has 1 aromatic heterocycles. The second kappa shape index (κ2) is 8.76. The van der Waals surface area contributed by atoms with Crippen molar-refractivity contribution in [3.05, 3.63) is 107 Å². The highest BCUT2D eigenvalue weighted by atomic mass is 16.5. The van der Waals surface area contributed by atoms with E-state index in [-0.39, 0.29) is 11.9 Å². The Hall–Kier alpha value is -3.37. The summed E-state index contributed by atoms with van der Waals surface area (Å²) in [5.74, 6) is 1.61. The van der Waals surface area contributed by atoms with Crippen molar-refractivity contribution in [1.82, 2.24) is 4.98 Å². The molecule has 0 amide bonds. The minimum atomic E-state index is -0.388. The number of aromatic nitrogens is 1. The predicted molar refractivity (Wildman–Crippen MR) is 113 cm³/mol. The summed E-state index contributed by atoms with van der Waals surface area (Å²) >= 11 is 0. The van der Waals surface area contributed by atoms with E-state index in [1.165, 1.54) is 0 Å². The molecule has 1 aliphatic carbocycles. The number of allylic oxidation sites excluding steroid dienone is 2. The monoisotopic (exact) mass is 385 g/mol. The van der Waals surface area contributed by atoms with Crippen LogP contribution in [0.25, 0.3) is 0 Å². The largest absolute Gasteiger partial charge is 0.508 e. The molecule has 0 fully saturated rings. The van der Waals surface area contributed by atoms with E-state index in [1.54, 1.807) is 18.3 Å². The molecule has 0 spiro atoms. The number of hydrogen-bond donors (Lipinski definition) is 2. The number of hydrogen-bond acceptors (Lipinski definition) is 4. The first-order valence-corrected chi connectivity index (χ1v) is 9.70. The van der Waals surface area contributed by atoms with Gasteiger partial charge < -0.3 is 14.9 Å². The highest BCUT2D eigenvalue weighted by Gasteiger charge is 2.12. The van der Waals surface area contributed by atoms with E-state index in [0.717, 1.165) is 34.4 Å². The molecule has 1 aliphatic rings. The first-order chi connectivity index (χ1) is 14.2. The lowest BCUT2D eigenvalue weighted by Gasteiger charge is -2.15. The van der Waals surface area contributed by atoms with Gasteiger partial charge in [-0.2, -0.15) is 0 Å². The number of pyridine rings is 1. The van der Waals surface area contributed by atoms with Gasteiger partial charge in [-0.05, 0) is 47.4 Å². The predicted octanol–water partition coefficient (Wildman–Crippen LogP) is 4.96. The van der Waals surface area contributed by atoms with Crippen molar-refractivity contribution in [1.29, 1.82) is 0 Å². The number of aliphatic hydroxyl groups is 1. The Balaban J connectivity index is 1.56. The molecule has 146 valence electrons. The zero-order valence-corrected chi connectivity index (χ0v) is 16.0. The van der Waals surface area contributed by atoms with Gasteiger partial charge in [-0.25, -0.2) is 4.98 Å². The summed E-state index contributed by atoms with van der Waals surface area (Å²) in [4.78, 5) is 4.45. The van der Waals surface area contributed by atoms with Crippen LogP contribution in [0, 0.1) is 0 Å². The molecule has 3 aromatic rings. The van der Waals surface area contributed by atoms with Crippen LogP contribution in [0.1, 0.15) is 23.1 Å². The van der Waals surface area contributed by atoms with Gasteiger partial charge >= 0.3 is 0 Å². The third-order valence-corrected chi connectivity index (χ3v) is 4.91. The van der Waals surface area contributed by atoms with Crippen molar-refractivity contribution in [2.75, 3.05) is 0 Å². The summed E-state index contributed by atoms with van der Waals surface area (Å²) in [6.07, 6.45) is 9.25. The lowest BCUT2D eigenvalue weighted by atomic mass is 9.98. The molecule has 0 saturated heterocycles. The molecule has 1 heterocycles. The standard InChI is InChI=1S/C25H23NO3/c27-22-11-7-18(8-12-22)16-20-4-1-2-6-24(20)29-25-21(5-3-15-26-25)17-19-9-13-23(28)14-10-19/h1-11,13-15,22,27-28H,12,16-17H2. The highest BCUT2D eigenvalue weighted by molar-refractivity contribution is 5.43. The first kappa shape index (κ1) is 19.0. The second-order valence-electron chi connectivity index (χ2n) is 7.14. The van der Waals surface area contributed by atoms with Gasteiger partial charge in [0.25, 0.3) is 0 Å². The lowest BCUT2D eigenvalue weighted by Crippen LogP contribution is -2.05. The fraction of sp³-hybridized carbons (Fsp3) is 0.160. The zero-order valence-electron chi connectivity index (χ0n) is 16.0. The topological polar surface area (TPSA) is 62.6 Å². The summed E-state index contributed by atoms with van der Waals surface area (Å²) < 4.78 is 6.24. The maximum absolute atomic E-state index is 9.63. The number of aliphatic hydroxyl groups excluding tert-OH is 1. The van der Waals surface area contributed by atoms with Gasteiger partial charge in [0.1, 0.15) is 11.5 Å². The van der Waals surface area contributed by atoms with Gasteiger partial charge in [0.2, 0.25) is 5.88 Å². The van der Waals surface area contributed by atoms with E-state index >= 15 is 0 Å². The average molecular weight is 385 g/mol. The van der Waals surface area contributed by atoms with Crippen molar-refractivity contribution < 1.29 is 14.9 Å². The Bertz CT molecular complexity index is 1040. The molecule has 4 heteroatoms. The SMILES string of the molecule is Oc1ccc(Cc2cccnc2Oc2ccccc2CC2=CCC(O)C=C2)cc1. The fourth-order valence-electron chi connectivity index (χ4n) is 3.34. The van der Waals surface area contributed by atoms with Crippen LogP contribution in [0.4, 0.5) is 0 Å². The van der Waals surface area contributed by atoms with E-state index in [2.05, 4.69) is 17.1 Å². The normalized spacial score (nSPS) is 15.8. The number of benzene rings is 2. The molecule has 4 rings (SSSR count). The number of phenols is 1. The molecule has 0 bridgehead atoms. The lowest BCUT2D eigenvalue weighted by molar-refractivity contribution is 0.225. The summed E-state index contributed by atoms with van der Waals surface area (Å²) in [6.45, 7) is 0. The Morgan fingerprint density at radius 1 is 0.931 bits per heavy atom. The average Bonchev–Trinajstić information content (AvgIpc) is 2.74. The van der Waals surface area contributed by atoms with Crippen LogP contribution in [-0.4, -0.2) is 21.3 Å². The molecule has 29 heavy (non-hydrogen) atoms. The molecule has 2 N–H and O–H groups in total. The Labute approximate surface area is 170 Å². The van der Waals surface area contributed by atoms with Crippen LogP contribution >= 0.6 is 0 Å². The first-order valence-electron chi connectivity index (χ1n) is 9.70. The van der Waals surface area contributed by atoms with Crippen LogP contribution in [0.3, 0.4) is 0 Å². The second-order valence-corrected chi connectivity index (χ2v) is 7.14. The van der Waals surface area contributed by atoms with E-state index in [0.29, 0.717) is 18.7 Å². The van der Waals surface area contributed by atoms with Crippen LogP contribution in [0.5, 0.6) is 17.4 Å². The quantitative estimate of drug-likeness (QED) is 0.630. The van der Waals surface area contributed by atoms with Crippen molar-refractivity contribution in [3.63, 3.8) is 0 Å². The van der Waals surface area contributed by atoms with Crippen molar-refractivity contribution in [2.45, 2.75) is 25.4 Å². The van der Waals surface area contributed by atoms with Gasteiger partial charge in [0, 0.05) is 24.6 Å². The minimum Gasteiger partial charge on any atom is -0.508 e. The zero-order chi connectivity index (χ0) is 20.1. The molecule has 0 aliphatic heterocycles. The number of ether oxygens (including phenoxy) is 1. The van der Waals surface area contributed by atoms with Gasteiger partial charge in [0.05, 0.1) is 6.10 Å². The van der Waals surface area contributed by atoms with E-state index in [1.807, 2.05) is 54.6 Å². The van der Waals surface area contributed by atoms with Crippen LogP contribution in [0.15, 0.2) is 90.7 Å². The maximum Gasteiger partial charge on any atom is 0.222 e. The van der Waals surface area contributed by atoms with E-state index < -0.39 is 0 Å². The van der Waals surface area contributed by atoms with Crippen molar-refractivity contribution in [3.8, 4) is 17.4 Å². The molecule has 4 nitrogen and oxygen atoms in total. The Morgan fingerprint density at radius 2 is 1.72 bits per heavy atom. The third-order valence-electron chi connectivity index (χ3n) is 4.91. The molecule has 0 saturated carbocycles. The number of phenolic OH excluding ortho intramolecular Hbond substituents is 1. The highest BCUT2D eigenvalue weighted by Crippen LogP contribution is 2.30. The third kappa shape index (κ3) is 4.92. The van der Waals surface area contributed by atoms with Gasteiger partial charge in [-0.1, -0.05) is 54.6 Å². The van der Waals surface area contributed by atoms with Crippen LogP contribution in [0.2, 0.25) is 0 Å². The summed E-state index contributed by atoms with van der Waals surface area (Å²) in [5.41, 5.74) is 4.29. The van der Waals surface area contributed by atoms with E-state index in [9.17, 15) is 10.2 Å². The van der Waals surface area contributed by atoms with Crippen LogP contribution in [-0.2, 0) is 12.8 Å². The molecule has 0 radical (unpaired) electrons. The number of rotatable bonds is 6. The Kier molecular flexibility index (Phi) is 5.73. The van der Waals surface area contributed by atoms with E-state index in [4.69, 9.17) is 4.74 Å². The smallest absolute Gasteiger partial charge is 0.222 e. The van der Waals surface area contributed by atoms with Gasteiger partial charge in [0.15, 0.2) is 0 Å². The molecular formula is C25H23NO3. The summed E-state index contributed by atoms with van der Waals surface area (Å²) in [7, 11) is 0. The number of para-hydroxylation sites is 1.